The number of carboxylic acid groups (broad SMARTS) is 1. The summed E-state index contributed by atoms with van der Waals surface area (Å²) >= 11 is 0. The minimum absolute atomic E-state index is 0.131. The molecular weight excluding hydrogens is 382 g/mol. The monoisotopic (exact) mass is 427 g/mol. The molecule has 0 aromatic rings. The van der Waals surface area contributed by atoms with Crippen LogP contribution >= 0.6 is 0 Å². The molecular formula is C24H45NO5. The third-order valence-corrected chi connectivity index (χ3v) is 5.30. The molecule has 6 nitrogen and oxygen atoms in total. The summed E-state index contributed by atoms with van der Waals surface area (Å²) in [7, 11) is 0. The lowest BCUT2D eigenvalue weighted by molar-refractivity contribution is -0.161. The Morgan fingerprint density at radius 3 is 1.77 bits per heavy atom. The summed E-state index contributed by atoms with van der Waals surface area (Å²) in [5, 5.41) is 11.9. The molecule has 0 spiro atoms. The number of esters is 2. The highest BCUT2D eigenvalue weighted by molar-refractivity contribution is 5.88. The van der Waals surface area contributed by atoms with Gasteiger partial charge in [-0.1, -0.05) is 90.9 Å². The molecule has 0 saturated heterocycles. The molecule has 0 fully saturated rings. The molecule has 0 aromatic heterocycles. The van der Waals surface area contributed by atoms with Crippen molar-refractivity contribution in [3.05, 3.63) is 0 Å². The molecule has 0 amide bonds. The molecule has 0 rings (SSSR count). The summed E-state index contributed by atoms with van der Waals surface area (Å²) in [6.07, 6.45) is 16.4. The van der Waals surface area contributed by atoms with Gasteiger partial charge < -0.3 is 15.2 Å². The number of nitrogens with one attached hydrogen (secondary N) is 1. The third kappa shape index (κ3) is 18.6. The number of carbonyl (C=O) groups excluding carboxylic acids is 2. The van der Waals surface area contributed by atoms with E-state index in [1.165, 1.54) is 51.4 Å². The van der Waals surface area contributed by atoms with Crippen molar-refractivity contribution >= 4 is 17.9 Å². The maximum Gasteiger partial charge on any atom is 0.330 e. The second-order valence-corrected chi connectivity index (χ2v) is 8.22. The van der Waals surface area contributed by atoms with Gasteiger partial charge in [-0.15, -0.1) is 0 Å². The number of aliphatic carboxylic acids is 1. The Hall–Kier alpha value is -1.43. The Bertz CT molecular complexity index is 453. The summed E-state index contributed by atoms with van der Waals surface area (Å²) in [4.78, 5) is 35.0. The largest absolute Gasteiger partial charge is 0.481 e. The van der Waals surface area contributed by atoms with Gasteiger partial charge in [0.15, 0.2) is 0 Å². The van der Waals surface area contributed by atoms with Gasteiger partial charge in [-0.2, -0.15) is 0 Å². The van der Waals surface area contributed by atoms with Crippen LogP contribution in [0.25, 0.3) is 0 Å². The molecule has 0 aliphatic heterocycles. The lowest BCUT2D eigenvalue weighted by atomic mass is 10.1. The zero-order chi connectivity index (χ0) is 22.5. The van der Waals surface area contributed by atoms with E-state index in [-0.39, 0.29) is 19.3 Å². The summed E-state index contributed by atoms with van der Waals surface area (Å²) < 4.78 is 4.96. The van der Waals surface area contributed by atoms with Crippen molar-refractivity contribution in [3.8, 4) is 0 Å². The van der Waals surface area contributed by atoms with E-state index in [1.807, 2.05) is 0 Å². The Morgan fingerprint density at radius 1 is 0.733 bits per heavy atom. The maximum absolute atomic E-state index is 12.2. The van der Waals surface area contributed by atoms with Crippen LogP contribution in [0.1, 0.15) is 123 Å². The molecule has 0 heterocycles. The van der Waals surface area contributed by atoms with E-state index in [0.717, 1.165) is 38.5 Å². The predicted molar refractivity (Wildman–Crippen MR) is 120 cm³/mol. The van der Waals surface area contributed by atoms with Gasteiger partial charge in [-0.3, -0.25) is 9.59 Å². The first-order valence-electron chi connectivity index (χ1n) is 12.2. The standard InChI is InChI=1S/C24H45NO5/c1-3-5-7-8-9-10-11-12-13-14-15-17-23(28)30-24(29)21(18-19-22(26)27)25-20-16-6-4-2/h21,25H,3-20H2,1-2H3,(H,26,27). The molecule has 0 aromatic carbocycles. The van der Waals surface area contributed by atoms with Crippen LogP contribution in [0.5, 0.6) is 0 Å². The number of hydrogen-bond acceptors (Lipinski definition) is 5. The lowest BCUT2D eigenvalue weighted by Crippen LogP contribution is -2.40. The number of rotatable bonds is 21. The van der Waals surface area contributed by atoms with Crippen LogP contribution in [0.2, 0.25) is 0 Å². The Morgan fingerprint density at radius 2 is 1.23 bits per heavy atom. The van der Waals surface area contributed by atoms with Gasteiger partial charge in [0.2, 0.25) is 0 Å². The van der Waals surface area contributed by atoms with E-state index in [9.17, 15) is 14.4 Å². The molecule has 176 valence electrons. The van der Waals surface area contributed by atoms with Crippen molar-refractivity contribution in [1.82, 2.24) is 5.32 Å². The average Bonchev–Trinajstić information content (AvgIpc) is 2.71. The van der Waals surface area contributed by atoms with Gasteiger partial charge in [0.25, 0.3) is 0 Å². The Balaban J connectivity index is 3.89. The topological polar surface area (TPSA) is 92.7 Å². The van der Waals surface area contributed by atoms with Gasteiger partial charge >= 0.3 is 17.9 Å². The molecule has 6 heteroatoms. The van der Waals surface area contributed by atoms with Crippen LogP contribution in [0.15, 0.2) is 0 Å². The number of hydrogen-bond donors (Lipinski definition) is 2. The fourth-order valence-electron chi connectivity index (χ4n) is 3.39. The van der Waals surface area contributed by atoms with E-state index >= 15 is 0 Å². The van der Waals surface area contributed by atoms with Gasteiger partial charge in [-0.05, 0) is 25.8 Å². The average molecular weight is 428 g/mol. The first-order chi connectivity index (χ1) is 14.5. The molecule has 2 N–H and O–H groups in total. The predicted octanol–water partition coefficient (Wildman–Crippen LogP) is 5.77. The molecule has 0 saturated carbocycles. The minimum Gasteiger partial charge on any atom is -0.481 e. The number of ether oxygens (including phenoxy) is 1. The van der Waals surface area contributed by atoms with Crippen LogP contribution in [0.4, 0.5) is 0 Å². The molecule has 0 bridgehead atoms. The van der Waals surface area contributed by atoms with Crippen molar-refractivity contribution in [2.75, 3.05) is 6.54 Å². The molecule has 0 aliphatic carbocycles. The molecule has 1 atom stereocenters. The van der Waals surface area contributed by atoms with Gasteiger partial charge in [0, 0.05) is 12.8 Å². The van der Waals surface area contributed by atoms with Gasteiger partial charge in [0.05, 0.1) is 0 Å². The molecule has 30 heavy (non-hydrogen) atoms. The summed E-state index contributed by atoms with van der Waals surface area (Å²) in [6.45, 7) is 4.93. The van der Waals surface area contributed by atoms with Crippen LogP contribution in [0.3, 0.4) is 0 Å². The molecule has 1 unspecified atom stereocenters. The fourth-order valence-corrected chi connectivity index (χ4v) is 3.39. The SMILES string of the molecule is CCCCCCCCCCCCCC(=O)OC(=O)C(CCC(=O)O)NCCCCC. The van der Waals surface area contributed by atoms with Crippen LogP contribution in [-0.2, 0) is 19.1 Å². The second-order valence-electron chi connectivity index (χ2n) is 8.22. The zero-order valence-electron chi connectivity index (χ0n) is 19.4. The Labute approximate surface area is 183 Å². The first kappa shape index (κ1) is 28.6. The Kier molecular flexibility index (Phi) is 19.8. The van der Waals surface area contributed by atoms with E-state index in [0.29, 0.717) is 6.54 Å². The van der Waals surface area contributed by atoms with E-state index in [2.05, 4.69) is 19.2 Å². The molecule has 0 aliphatic rings. The first-order valence-corrected chi connectivity index (χ1v) is 12.2. The second kappa shape index (κ2) is 20.8. The quantitative estimate of drug-likeness (QED) is 0.137. The van der Waals surface area contributed by atoms with E-state index in [4.69, 9.17) is 9.84 Å². The third-order valence-electron chi connectivity index (χ3n) is 5.30. The number of carbonyl (C=O) groups is 3. The van der Waals surface area contributed by atoms with Crippen LogP contribution in [0, 0.1) is 0 Å². The zero-order valence-corrected chi connectivity index (χ0v) is 19.4. The van der Waals surface area contributed by atoms with Crippen molar-refractivity contribution < 1.29 is 24.2 Å². The smallest absolute Gasteiger partial charge is 0.330 e. The van der Waals surface area contributed by atoms with Crippen LogP contribution < -0.4 is 5.32 Å². The van der Waals surface area contributed by atoms with Crippen molar-refractivity contribution in [1.29, 1.82) is 0 Å². The van der Waals surface area contributed by atoms with Crippen LogP contribution in [-0.4, -0.2) is 35.6 Å². The summed E-state index contributed by atoms with van der Waals surface area (Å²) in [6, 6.07) is -0.737. The number of unbranched alkanes of at least 4 members (excludes halogenated alkanes) is 12. The fraction of sp³-hybridized carbons (Fsp3) is 0.875. The highest BCUT2D eigenvalue weighted by Gasteiger charge is 2.22. The van der Waals surface area contributed by atoms with Gasteiger partial charge in [0.1, 0.15) is 6.04 Å². The van der Waals surface area contributed by atoms with E-state index < -0.39 is 23.9 Å². The van der Waals surface area contributed by atoms with Crippen molar-refractivity contribution in [2.24, 2.45) is 0 Å². The van der Waals surface area contributed by atoms with Crippen molar-refractivity contribution in [3.63, 3.8) is 0 Å². The van der Waals surface area contributed by atoms with E-state index in [1.54, 1.807) is 0 Å². The van der Waals surface area contributed by atoms with Crippen molar-refractivity contribution in [2.45, 2.75) is 129 Å². The maximum atomic E-state index is 12.2. The lowest BCUT2D eigenvalue weighted by Gasteiger charge is -2.16. The normalized spacial score (nSPS) is 11.9. The minimum atomic E-state index is -0.963. The number of carboxylic acids is 1. The summed E-state index contributed by atoms with van der Waals surface area (Å²) in [5.74, 6) is -2.12. The highest BCUT2D eigenvalue weighted by Crippen LogP contribution is 2.12. The van der Waals surface area contributed by atoms with Gasteiger partial charge in [-0.25, -0.2) is 4.79 Å². The highest BCUT2D eigenvalue weighted by atomic mass is 16.6. The summed E-state index contributed by atoms with van der Waals surface area (Å²) in [5.41, 5.74) is 0. The molecule has 0 radical (unpaired) electrons.